The maximum atomic E-state index is 9.48. The van der Waals surface area contributed by atoms with Gasteiger partial charge in [-0.25, -0.2) is 0 Å². The van der Waals surface area contributed by atoms with Crippen molar-refractivity contribution in [1.82, 2.24) is 0 Å². The Labute approximate surface area is 68.6 Å². The normalized spacial score (nSPS) is 29.5. The molecule has 11 heavy (non-hydrogen) atoms. The molecule has 1 aliphatic rings. The molecule has 1 rings (SSSR count). The second-order valence-electron chi connectivity index (χ2n) is 3.23. The van der Waals surface area contributed by atoms with Gasteiger partial charge in [-0.05, 0) is 19.3 Å². The van der Waals surface area contributed by atoms with Gasteiger partial charge in [-0.1, -0.05) is 19.8 Å². The SMILES string of the molecule is CCC(O)C1CCCCCO1. The van der Waals surface area contributed by atoms with Crippen LogP contribution in [0.1, 0.15) is 39.0 Å². The van der Waals surface area contributed by atoms with E-state index in [1.807, 2.05) is 6.92 Å². The van der Waals surface area contributed by atoms with Gasteiger partial charge in [0.2, 0.25) is 0 Å². The standard InChI is InChI=1S/C9H18O2/c1-2-8(10)9-6-4-3-5-7-11-9/h8-10H,2-7H2,1H3. The van der Waals surface area contributed by atoms with E-state index >= 15 is 0 Å². The average molecular weight is 158 g/mol. The fourth-order valence-electron chi connectivity index (χ4n) is 1.51. The van der Waals surface area contributed by atoms with Crippen molar-refractivity contribution in [3.63, 3.8) is 0 Å². The summed E-state index contributed by atoms with van der Waals surface area (Å²) in [6.45, 7) is 2.83. The summed E-state index contributed by atoms with van der Waals surface area (Å²) in [4.78, 5) is 0. The third kappa shape index (κ3) is 2.80. The van der Waals surface area contributed by atoms with Crippen molar-refractivity contribution in [3.05, 3.63) is 0 Å². The monoisotopic (exact) mass is 158 g/mol. The van der Waals surface area contributed by atoms with E-state index in [2.05, 4.69) is 0 Å². The molecule has 0 aromatic carbocycles. The van der Waals surface area contributed by atoms with Gasteiger partial charge >= 0.3 is 0 Å². The highest BCUT2D eigenvalue weighted by Gasteiger charge is 2.19. The second-order valence-corrected chi connectivity index (χ2v) is 3.23. The van der Waals surface area contributed by atoms with E-state index in [-0.39, 0.29) is 12.2 Å². The van der Waals surface area contributed by atoms with Crippen molar-refractivity contribution in [3.8, 4) is 0 Å². The molecule has 0 aliphatic carbocycles. The number of hydrogen-bond donors (Lipinski definition) is 1. The smallest absolute Gasteiger partial charge is 0.0833 e. The molecule has 2 atom stereocenters. The molecular formula is C9H18O2. The second kappa shape index (κ2) is 4.73. The minimum absolute atomic E-state index is 0.113. The summed E-state index contributed by atoms with van der Waals surface area (Å²) in [7, 11) is 0. The number of rotatable bonds is 2. The lowest BCUT2D eigenvalue weighted by Crippen LogP contribution is -2.27. The molecule has 1 fully saturated rings. The Morgan fingerprint density at radius 1 is 1.45 bits per heavy atom. The van der Waals surface area contributed by atoms with Crippen molar-refractivity contribution in [1.29, 1.82) is 0 Å². The van der Waals surface area contributed by atoms with Crippen molar-refractivity contribution in [2.24, 2.45) is 0 Å². The summed E-state index contributed by atoms with van der Waals surface area (Å²) in [5.41, 5.74) is 0. The van der Waals surface area contributed by atoms with Crippen LogP contribution in [0.25, 0.3) is 0 Å². The molecule has 1 saturated heterocycles. The van der Waals surface area contributed by atoms with Crippen LogP contribution in [0, 0.1) is 0 Å². The zero-order valence-corrected chi connectivity index (χ0v) is 7.25. The van der Waals surface area contributed by atoms with Crippen LogP contribution in [0.3, 0.4) is 0 Å². The Bertz CT molecular complexity index is 95.7. The fraction of sp³-hybridized carbons (Fsp3) is 1.00. The van der Waals surface area contributed by atoms with Gasteiger partial charge in [0.05, 0.1) is 12.2 Å². The van der Waals surface area contributed by atoms with Crippen molar-refractivity contribution in [2.75, 3.05) is 6.61 Å². The minimum atomic E-state index is -0.243. The third-order valence-electron chi connectivity index (χ3n) is 2.31. The van der Waals surface area contributed by atoms with Crippen LogP contribution < -0.4 is 0 Å². The maximum absolute atomic E-state index is 9.48. The highest BCUT2D eigenvalue weighted by atomic mass is 16.5. The fourth-order valence-corrected chi connectivity index (χ4v) is 1.51. The first-order valence-corrected chi connectivity index (χ1v) is 4.64. The zero-order chi connectivity index (χ0) is 8.10. The Morgan fingerprint density at radius 3 is 3.00 bits per heavy atom. The van der Waals surface area contributed by atoms with Crippen LogP contribution in [0.2, 0.25) is 0 Å². The van der Waals surface area contributed by atoms with Crippen molar-refractivity contribution < 1.29 is 9.84 Å². The zero-order valence-electron chi connectivity index (χ0n) is 7.25. The molecular weight excluding hydrogens is 140 g/mol. The molecule has 1 heterocycles. The lowest BCUT2D eigenvalue weighted by molar-refractivity contribution is -0.0354. The molecule has 0 aromatic heterocycles. The van der Waals surface area contributed by atoms with Crippen molar-refractivity contribution >= 4 is 0 Å². The highest BCUT2D eigenvalue weighted by Crippen LogP contribution is 2.17. The minimum Gasteiger partial charge on any atom is -0.390 e. The van der Waals surface area contributed by atoms with E-state index in [1.54, 1.807) is 0 Å². The van der Waals surface area contributed by atoms with Gasteiger partial charge in [-0.15, -0.1) is 0 Å². The lowest BCUT2D eigenvalue weighted by atomic mass is 10.1. The van der Waals surface area contributed by atoms with E-state index in [0.717, 1.165) is 25.9 Å². The molecule has 66 valence electrons. The number of aliphatic hydroxyl groups excluding tert-OH is 1. The lowest BCUT2D eigenvalue weighted by Gasteiger charge is -2.19. The predicted octanol–water partition coefficient (Wildman–Crippen LogP) is 1.72. The van der Waals surface area contributed by atoms with E-state index in [0.29, 0.717) is 0 Å². The Balaban J connectivity index is 2.30. The average Bonchev–Trinajstić information content (AvgIpc) is 2.30. The van der Waals surface area contributed by atoms with Crippen molar-refractivity contribution in [2.45, 2.75) is 51.2 Å². The van der Waals surface area contributed by atoms with Gasteiger partial charge in [-0.3, -0.25) is 0 Å². The van der Waals surface area contributed by atoms with Gasteiger partial charge in [0.15, 0.2) is 0 Å². The first-order chi connectivity index (χ1) is 5.34. The first-order valence-electron chi connectivity index (χ1n) is 4.64. The summed E-state index contributed by atoms with van der Waals surface area (Å²) < 4.78 is 5.51. The molecule has 1 N–H and O–H groups in total. The summed E-state index contributed by atoms with van der Waals surface area (Å²) >= 11 is 0. The molecule has 0 spiro atoms. The molecule has 2 heteroatoms. The van der Waals surface area contributed by atoms with E-state index < -0.39 is 0 Å². The van der Waals surface area contributed by atoms with Crippen LogP contribution >= 0.6 is 0 Å². The molecule has 0 bridgehead atoms. The summed E-state index contributed by atoms with van der Waals surface area (Å²) in [6.07, 6.45) is 5.34. The van der Waals surface area contributed by atoms with E-state index in [1.165, 1.54) is 12.8 Å². The number of ether oxygens (including phenoxy) is 1. The van der Waals surface area contributed by atoms with Crippen LogP contribution in [0.5, 0.6) is 0 Å². The third-order valence-corrected chi connectivity index (χ3v) is 2.31. The summed E-state index contributed by atoms with van der Waals surface area (Å²) in [5, 5.41) is 9.48. The first kappa shape index (κ1) is 9.01. The highest BCUT2D eigenvalue weighted by molar-refractivity contribution is 4.69. The molecule has 2 unspecified atom stereocenters. The summed E-state index contributed by atoms with van der Waals surface area (Å²) in [6, 6.07) is 0. The van der Waals surface area contributed by atoms with Gasteiger partial charge in [0.25, 0.3) is 0 Å². The van der Waals surface area contributed by atoms with Gasteiger partial charge in [0, 0.05) is 6.61 Å². The molecule has 0 saturated carbocycles. The van der Waals surface area contributed by atoms with Crippen LogP contribution in [-0.2, 0) is 4.74 Å². The summed E-state index contributed by atoms with van der Waals surface area (Å²) in [5.74, 6) is 0. The Morgan fingerprint density at radius 2 is 2.27 bits per heavy atom. The molecule has 0 amide bonds. The van der Waals surface area contributed by atoms with Gasteiger partial charge in [0.1, 0.15) is 0 Å². The topological polar surface area (TPSA) is 29.5 Å². The van der Waals surface area contributed by atoms with Crippen LogP contribution in [0.4, 0.5) is 0 Å². The Kier molecular flexibility index (Phi) is 3.87. The number of hydrogen-bond acceptors (Lipinski definition) is 2. The Hall–Kier alpha value is -0.0800. The molecule has 0 radical (unpaired) electrons. The van der Waals surface area contributed by atoms with Crippen LogP contribution in [-0.4, -0.2) is 23.9 Å². The number of aliphatic hydroxyl groups is 1. The van der Waals surface area contributed by atoms with Crippen LogP contribution in [0.15, 0.2) is 0 Å². The van der Waals surface area contributed by atoms with E-state index in [4.69, 9.17) is 4.74 Å². The van der Waals surface area contributed by atoms with Gasteiger partial charge in [-0.2, -0.15) is 0 Å². The quantitative estimate of drug-likeness (QED) is 0.663. The molecule has 2 nitrogen and oxygen atoms in total. The van der Waals surface area contributed by atoms with E-state index in [9.17, 15) is 5.11 Å². The van der Waals surface area contributed by atoms with Gasteiger partial charge < -0.3 is 9.84 Å². The molecule has 1 aliphatic heterocycles. The largest absolute Gasteiger partial charge is 0.390 e. The maximum Gasteiger partial charge on any atom is 0.0833 e. The molecule has 0 aromatic rings. The predicted molar refractivity (Wildman–Crippen MR) is 44.5 cm³/mol.